The third-order valence-corrected chi connectivity index (χ3v) is 1.91. The summed E-state index contributed by atoms with van der Waals surface area (Å²) in [5.74, 6) is 0. The highest BCUT2D eigenvalue weighted by atomic mass is 79.9. The van der Waals surface area contributed by atoms with Crippen molar-refractivity contribution in [1.29, 1.82) is 0 Å². The number of hydrogen-bond acceptors (Lipinski definition) is 1. The molecule has 1 N–H and O–H groups in total. The van der Waals surface area contributed by atoms with Crippen molar-refractivity contribution in [3.8, 4) is 0 Å². The highest BCUT2D eigenvalue weighted by Gasteiger charge is 1.98. The molecule has 11 heavy (non-hydrogen) atoms. The molecule has 0 bridgehead atoms. The van der Waals surface area contributed by atoms with Gasteiger partial charge in [-0.15, -0.1) is 0 Å². The first kappa shape index (κ1) is 8.75. The molecule has 0 aliphatic carbocycles. The van der Waals surface area contributed by atoms with Gasteiger partial charge in [0.25, 0.3) is 0 Å². The molecule has 0 spiro atoms. The van der Waals surface area contributed by atoms with Crippen LogP contribution in [-0.2, 0) is 6.42 Å². The van der Waals surface area contributed by atoms with E-state index in [0.29, 0.717) is 0 Å². The van der Waals surface area contributed by atoms with E-state index in [1.54, 1.807) is 6.92 Å². The van der Waals surface area contributed by atoms with Gasteiger partial charge in [-0.1, -0.05) is 28.1 Å². The van der Waals surface area contributed by atoms with E-state index in [9.17, 15) is 0 Å². The van der Waals surface area contributed by atoms with Crippen LogP contribution in [0, 0.1) is 0 Å². The lowest BCUT2D eigenvalue weighted by molar-refractivity contribution is 0.195. The van der Waals surface area contributed by atoms with Gasteiger partial charge >= 0.3 is 0 Å². The minimum atomic E-state index is -0.260. The minimum absolute atomic E-state index is 0.260. The first-order valence-electron chi connectivity index (χ1n) is 3.61. The van der Waals surface area contributed by atoms with Gasteiger partial charge in [-0.3, -0.25) is 0 Å². The van der Waals surface area contributed by atoms with Gasteiger partial charge in [0.2, 0.25) is 0 Å². The molecule has 0 saturated heterocycles. The second-order valence-corrected chi connectivity index (χ2v) is 3.60. The van der Waals surface area contributed by atoms with E-state index in [4.69, 9.17) is 5.11 Å². The van der Waals surface area contributed by atoms with Gasteiger partial charge in [0, 0.05) is 4.47 Å². The maximum absolute atomic E-state index is 9.08. The predicted molar refractivity (Wildman–Crippen MR) is 49.5 cm³/mol. The van der Waals surface area contributed by atoms with Crippen molar-refractivity contribution in [3.05, 3.63) is 34.3 Å². The largest absolute Gasteiger partial charge is 0.393 e. The van der Waals surface area contributed by atoms with Crippen molar-refractivity contribution in [3.63, 3.8) is 0 Å². The Hall–Kier alpha value is -0.340. The molecule has 0 amide bonds. The highest BCUT2D eigenvalue weighted by molar-refractivity contribution is 9.10. The summed E-state index contributed by atoms with van der Waals surface area (Å²) in [6.45, 7) is 1.79. The van der Waals surface area contributed by atoms with Gasteiger partial charge < -0.3 is 5.11 Å². The molecule has 0 heterocycles. The molecule has 1 nitrogen and oxygen atoms in total. The SMILES string of the molecule is C[C@@H](O)Cc1cccc(Br)c1. The molecule has 0 unspecified atom stereocenters. The summed E-state index contributed by atoms with van der Waals surface area (Å²) >= 11 is 3.37. The van der Waals surface area contributed by atoms with Crippen LogP contribution in [0.5, 0.6) is 0 Å². The molecular weight excluding hydrogens is 204 g/mol. The van der Waals surface area contributed by atoms with Crippen LogP contribution < -0.4 is 0 Å². The van der Waals surface area contributed by atoms with E-state index in [1.807, 2.05) is 24.3 Å². The summed E-state index contributed by atoms with van der Waals surface area (Å²) in [5, 5.41) is 9.08. The Morgan fingerprint density at radius 1 is 1.55 bits per heavy atom. The maximum Gasteiger partial charge on any atom is 0.0552 e. The highest BCUT2D eigenvalue weighted by Crippen LogP contribution is 2.12. The normalized spacial score (nSPS) is 13.0. The first-order chi connectivity index (χ1) is 5.18. The van der Waals surface area contributed by atoms with Crippen molar-refractivity contribution < 1.29 is 5.11 Å². The fraction of sp³-hybridized carbons (Fsp3) is 0.333. The molecule has 1 aromatic carbocycles. The van der Waals surface area contributed by atoms with E-state index < -0.39 is 0 Å². The second-order valence-electron chi connectivity index (χ2n) is 2.68. The fourth-order valence-electron chi connectivity index (χ4n) is 1.01. The summed E-state index contributed by atoms with van der Waals surface area (Å²) in [6.07, 6.45) is 0.462. The summed E-state index contributed by atoms with van der Waals surface area (Å²) in [4.78, 5) is 0. The van der Waals surface area contributed by atoms with Crippen molar-refractivity contribution in [2.24, 2.45) is 0 Å². The lowest BCUT2D eigenvalue weighted by Gasteiger charge is -2.03. The van der Waals surface area contributed by atoms with E-state index in [0.717, 1.165) is 16.5 Å². The number of hydrogen-bond donors (Lipinski definition) is 1. The summed E-state index contributed by atoms with van der Waals surface area (Å²) in [5.41, 5.74) is 1.16. The Morgan fingerprint density at radius 2 is 2.27 bits per heavy atom. The molecule has 1 aromatic rings. The molecule has 0 aliphatic heterocycles. The molecule has 1 atom stereocenters. The monoisotopic (exact) mass is 214 g/mol. The first-order valence-corrected chi connectivity index (χ1v) is 4.40. The summed E-state index contributed by atoms with van der Waals surface area (Å²) < 4.78 is 1.07. The van der Waals surface area contributed by atoms with Gasteiger partial charge in [0.1, 0.15) is 0 Å². The third-order valence-electron chi connectivity index (χ3n) is 1.42. The smallest absolute Gasteiger partial charge is 0.0552 e. The van der Waals surface area contributed by atoms with Gasteiger partial charge in [-0.2, -0.15) is 0 Å². The van der Waals surface area contributed by atoms with E-state index in [2.05, 4.69) is 15.9 Å². The molecule has 0 radical (unpaired) electrons. The zero-order chi connectivity index (χ0) is 8.27. The van der Waals surface area contributed by atoms with E-state index in [1.165, 1.54) is 0 Å². The van der Waals surface area contributed by atoms with Gasteiger partial charge in [0.05, 0.1) is 6.10 Å². The van der Waals surface area contributed by atoms with Crippen LogP contribution in [0.1, 0.15) is 12.5 Å². The molecule has 0 saturated carbocycles. The quantitative estimate of drug-likeness (QED) is 0.802. The van der Waals surface area contributed by atoms with Gasteiger partial charge in [-0.25, -0.2) is 0 Å². The zero-order valence-corrected chi connectivity index (χ0v) is 8.01. The number of halogens is 1. The van der Waals surface area contributed by atoms with Crippen LogP contribution in [0.2, 0.25) is 0 Å². The van der Waals surface area contributed by atoms with E-state index >= 15 is 0 Å². The third kappa shape index (κ3) is 3.04. The molecular formula is C9H11BrO. The minimum Gasteiger partial charge on any atom is -0.393 e. The summed E-state index contributed by atoms with van der Waals surface area (Å²) in [6, 6.07) is 7.98. The van der Waals surface area contributed by atoms with Crippen LogP contribution in [-0.4, -0.2) is 11.2 Å². The fourth-order valence-corrected chi connectivity index (χ4v) is 1.45. The topological polar surface area (TPSA) is 20.2 Å². The van der Waals surface area contributed by atoms with Gasteiger partial charge in [0.15, 0.2) is 0 Å². The Balaban J connectivity index is 2.71. The van der Waals surface area contributed by atoms with Crippen LogP contribution in [0.15, 0.2) is 28.7 Å². The average molecular weight is 215 g/mol. The Labute approximate surface area is 75.2 Å². The molecule has 0 fully saturated rings. The van der Waals surface area contributed by atoms with E-state index in [-0.39, 0.29) is 6.10 Å². The lowest BCUT2D eigenvalue weighted by Crippen LogP contribution is -2.03. The van der Waals surface area contributed by atoms with Crippen LogP contribution in [0.4, 0.5) is 0 Å². The number of aliphatic hydroxyl groups excluding tert-OH is 1. The van der Waals surface area contributed by atoms with Crippen molar-refractivity contribution in [1.82, 2.24) is 0 Å². The number of aliphatic hydroxyl groups is 1. The Morgan fingerprint density at radius 3 is 2.82 bits per heavy atom. The molecule has 2 heteroatoms. The molecule has 0 aliphatic rings. The second kappa shape index (κ2) is 3.88. The zero-order valence-electron chi connectivity index (χ0n) is 6.42. The van der Waals surface area contributed by atoms with Gasteiger partial charge in [-0.05, 0) is 31.0 Å². The van der Waals surface area contributed by atoms with Crippen LogP contribution in [0.3, 0.4) is 0 Å². The Kier molecular flexibility index (Phi) is 3.09. The summed E-state index contributed by atoms with van der Waals surface area (Å²) in [7, 11) is 0. The van der Waals surface area contributed by atoms with Crippen LogP contribution >= 0.6 is 15.9 Å². The predicted octanol–water partition coefficient (Wildman–Crippen LogP) is 2.37. The van der Waals surface area contributed by atoms with Crippen molar-refractivity contribution in [2.45, 2.75) is 19.4 Å². The lowest BCUT2D eigenvalue weighted by atomic mass is 10.1. The number of rotatable bonds is 2. The molecule has 0 aromatic heterocycles. The van der Waals surface area contributed by atoms with Crippen molar-refractivity contribution in [2.75, 3.05) is 0 Å². The maximum atomic E-state index is 9.08. The van der Waals surface area contributed by atoms with Crippen molar-refractivity contribution >= 4 is 15.9 Å². The average Bonchev–Trinajstić information content (AvgIpc) is 1.85. The Bertz CT molecular complexity index is 233. The standard InChI is InChI=1S/C9H11BrO/c1-7(11)5-8-3-2-4-9(10)6-8/h2-4,6-7,11H,5H2,1H3/t7-/m1/s1. The number of benzene rings is 1. The molecule has 60 valence electrons. The van der Waals surface area contributed by atoms with Crippen LogP contribution in [0.25, 0.3) is 0 Å². The molecule has 1 rings (SSSR count).